The number of carboxylic acid groups (broad SMARTS) is 1. The molecule has 0 unspecified atom stereocenters. The number of carbonyl (C=O) groups excluding carboxylic acids is 2. The fourth-order valence-electron chi connectivity index (χ4n) is 3.31. The highest BCUT2D eigenvalue weighted by atomic mass is 16.5. The SMILES string of the molecule is COc1ccc(C(=O)c2ccc(OC[C@@H](C)NC(=O)OCc3ccccc3)cc2)c(OC(C)(C)C(=O)O)c1. The van der Waals surface area contributed by atoms with Crippen LogP contribution in [0.4, 0.5) is 4.79 Å². The van der Waals surface area contributed by atoms with Crippen molar-refractivity contribution < 1.29 is 38.4 Å². The lowest BCUT2D eigenvalue weighted by Crippen LogP contribution is -2.38. The van der Waals surface area contributed by atoms with Crippen molar-refractivity contribution in [2.24, 2.45) is 0 Å². The molecule has 200 valence electrons. The summed E-state index contributed by atoms with van der Waals surface area (Å²) in [4.78, 5) is 36.8. The predicted molar refractivity (Wildman–Crippen MR) is 140 cm³/mol. The van der Waals surface area contributed by atoms with Crippen molar-refractivity contribution >= 4 is 17.8 Å². The summed E-state index contributed by atoms with van der Waals surface area (Å²) in [5.41, 5.74) is -0.116. The zero-order valence-corrected chi connectivity index (χ0v) is 21.7. The average Bonchev–Trinajstić information content (AvgIpc) is 2.91. The third kappa shape index (κ3) is 7.73. The number of carbonyl (C=O) groups is 3. The minimum absolute atomic E-state index is 0.0983. The van der Waals surface area contributed by atoms with Crippen LogP contribution < -0.4 is 19.5 Å². The maximum absolute atomic E-state index is 13.2. The molecule has 38 heavy (non-hydrogen) atoms. The Morgan fingerprint density at radius 1 is 0.947 bits per heavy atom. The van der Waals surface area contributed by atoms with Crippen molar-refractivity contribution in [2.75, 3.05) is 13.7 Å². The smallest absolute Gasteiger partial charge is 0.407 e. The summed E-state index contributed by atoms with van der Waals surface area (Å²) in [7, 11) is 1.46. The summed E-state index contributed by atoms with van der Waals surface area (Å²) in [6.45, 7) is 4.94. The number of benzene rings is 3. The zero-order valence-electron chi connectivity index (χ0n) is 21.7. The van der Waals surface area contributed by atoms with Crippen molar-refractivity contribution in [1.82, 2.24) is 5.32 Å². The van der Waals surface area contributed by atoms with E-state index in [-0.39, 0.29) is 36.4 Å². The Kier molecular flexibility index (Phi) is 9.32. The standard InChI is InChI=1S/C29H31NO8/c1-19(30-28(34)37-18-20-8-6-5-7-9-20)17-36-22-12-10-21(11-13-22)26(31)24-15-14-23(35-4)16-25(24)38-29(2,3)27(32)33/h5-16,19H,17-18H2,1-4H3,(H,30,34)(H,32,33)/t19-/m1/s1. The summed E-state index contributed by atoms with van der Waals surface area (Å²) < 4.78 is 21.8. The molecule has 0 aliphatic heterocycles. The molecule has 0 aliphatic carbocycles. The van der Waals surface area contributed by atoms with E-state index >= 15 is 0 Å². The Morgan fingerprint density at radius 2 is 1.61 bits per heavy atom. The van der Waals surface area contributed by atoms with Gasteiger partial charge in [0, 0.05) is 11.6 Å². The van der Waals surface area contributed by atoms with E-state index < -0.39 is 17.7 Å². The molecule has 2 N–H and O–H groups in total. The molecule has 1 amide bonds. The van der Waals surface area contributed by atoms with Crippen LogP contribution in [0.2, 0.25) is 0 Å². The van der Waals surface area contributed by atoms with Gasteiger partial charge in [0.15, 0.2) is 11.4 Å². The van der Waals surface area contributed by atoms with Crippen molar-refractivity contribution in [3.63, 3.8) is 0 Å². The maximum atomic E-state index is 13.2. The minimum Gasteiger partial charge on any atom is -0.497 e. The molecule has 0 aromatic heterocycles. The van der Waals surface area contributed by atoms with E-state index in [9.17, 15) is 19.5 Å². The van der Waals surface area contributed by atoms with Gasteiger partial charge < -0.3 is 29.4 Å². The molecule has 9 heteroatoms. The number of methoxy groups -OCH3 is 1. The Labute approximate surface area is 221 Å². The van der Waals surface area contributed by atoms with E-state index in [2.05, 4.69) is 5.32 Å². The molecule has 0 radical (unpaired) electrons. The highest BCUT2D eigenvalue weighted by Crippen LogP contribution is 2.30. The summed E-state index contributed by atoms with van der Waals surface area (Å²) in [5, 5.41) is 12.1. The Morgan fingerprint density at radius 3 is 2.24 bits per heavy atom. The number of ketones is 1. The number of amides is 1. The Balaban J connectivity index is 1.59. The number of alkyl carbamates (subject to hydrolysis) is 1. The molecular weight excluding hydrogens is 490 g/mol. The Bertz CT molecular complexity index is 1260. The topological polar surface area (TPSA) is 120 Å². The van der Waals surface area contributed by atoms with Crippen LogP contribution in [0.15, 0.2) is 72.8 Å². The predicted octanol–water partition coefficient (Wildman–Crippen LogP) is 4.86. The molecule has 0 heterocycles. The summed E-state index contributed by atoms with van der Waals surface area (Å²) >= 11 is 0. The molecule has 3 rings (SSSR count). The third-order valence-corrected chi connectivity index (χ3v) is 5.51. The fraction of sp³-hybridized carbons (Fsp3) is 0.276. The number of nitrogens with one attached hydrogen (secondary N) is 1. The van der Waals surface area contributed by atoms with E-state index in [1.807, 2.05) is 30.3 Å². The average molecular weight is 522 g/mol. The zero-order chi connectivity index (χ0) is 27.7. The van der Waals surface area contributed by atoms with Gasteiger partial charge in [-0.05, 0) is 62.7 Å². The lowest BCUT2D eigenvalue weighted by molar-refractivity contribution is -0.152. The van der Waals surface area contributed by atoms with Crippen LogP contribution >= 0.6 is 0 Å². The van der Waals surface area contributed by atoms with Crippen molar-refractivity contribution in [1.29, 1.82) is 0 Å². The van der Waals surface area contributed by atoms with Gasteiger partial charge in [0.2, 0.25) is 0 Å². The molecule has 0 aliphatic rings. The summed E-state index contributed by atoms with van der Waals surface area (Å²) in [6.07, 6.45) is -0.547. The van der Waals surface area contributed by atoms with Crippen LogP contribution in [0, 0.1) is 0 Å². The van der Waals surface area contributed by atoms with Gasteiger partial charge in [-0.25, -0.2) is 9.59 Å². The van der Waals surface area contributed by atoms with Crippen molar-refractivity contribution in [3.05, 3.63) is 89.5 Å². The van der Waals surface area contributed by atoms with Crippen LogP contribution in [0.5, 0.6) is 17.2 Å². The summed E-state index contributed by atoms with van der Waals surface area (Å²) in [6, 6.07) is 20.1. The molecule has 3 aromatic rings. The van der Waals surface area contributed by atoms with Gasteiger partial charge in [-0.2, -0.15) is 0 Å². The first-order valence-corrected chi connectivity index (χ1v) is 11.9. The molecule has 0 saturated heterocycles. The van der Waals surface area contributed by atoms with Gasteiger partial charge in [-0.1, -0.05) is 30.3 Å². The maximum Gasteiger partial charge on any atom is 0.407 e. The lowest BCUT2D eigenvalue weighted by Gasteiger charge is -2.23. The number of ether oxygens (including phenoxy) is 4. The molecule has 0 bridgehead atoms. The molecular formula is C29H31NO8. The van der Waals surface area contributed by atoms with Crippen molar-refractivity contribution in [3.8, 4) is 17.2 Å². The van der Waals surface area contributed by atoms with Crippen molar-refractivity contribution in [2.45, 2.75) is 39.0 Å². The van der Waals surface area contributed by atoms with E-state index in [0.29, 0.717) is 17.1 Å². The molecule has 0 spiro atoms. The second-order valence-electron chi connectivity index (χ2n) is 9.05. The second-order valence-corrected chi connectivity index (χ2v) is 9.05. The molecule has 1 atom stereocenters. The van der Waals surface area contributed by atoms with Crippen LogP contribution in [0.25, 0.3) is 0 Å². The number of hydrogen-bond acceptors (Lipinski definition) is 7. The summed E-state index contributed by atoms with van der Waals surface area (Å²) in [5.74, 6) is -0.500. The molecule has 0 fully saturated rings. The largest absolute Gasteiger partial charge is 0.497 e. The first-order valence-electron chi connectivity index (χ1n) is 11.9. The molecule has 9 nitrogen and oxygen atoms in total. The van der Waals surface area contributed by atoms with Gasteiger partial charge in [0.25, 0.3) is 0 Å². The lowest BCUT2D eigenvalue weighted by atomic mass is 10.0. The minimum atomic E-state index is -1.56. The number of hydrogen-bond donors (Lipinski definition) is 2. The quantitative estimate of drug-likeness (QED) is 0.324. The van der Waals surface area contributed by atoms with E-state index in [4.69, 9.17) is 18.9 Å². The first kappa shape index (κ1) is 28.0. The third-order valence-electron chi connectivity index (χ3n) is 5.51. The Hall–Kier alpha value is -4.53. The van der Waals surface area contributed by atoms with Crippen LogP contribution in [-0.4, -0.2) is 48.3 Å². The van der Waals surface area contributed by atoms with Crippen LogP contribution in [0.1, 0.15) is 42.3 Å². The van der Waals surface area contributed by atoms with Gasteiger partial charge in [0.05, 0.1) is 18.7 Å². The van der Waals surface area contributed by atoms with Gasteiger partial charge in [-0.15, -0.1) is 0 Å². The van der Waals surface area contributed by atoms with Gasteiger partial charge >= 0.3 is 12.1 Å². The van der Waals surface area contributed by atoms with Gasteiger partial charge in [0.1, 0.15) is 30.5 Å². The number of aliphatic carboxylic acids is 1. The van der Waals surface area contributed by atoms with Gasteiger partial charge in [-0.3, -0.25) is 4.79 Å². The van der Waals surface area contributed by atoms with E-state index in [1.165, 1.54) is 33.1 Å². The number of rotatable bonds is 12. The van der Waals surface area contributed by atoms with Crippen LogP contribution in [0.3, 0.4) is 0 Å². The highest BCUT2D eigenvalue weighted by Gasteiger charge is 2.31. The second kappa shape index (κ2) is 12.6. The van der Waals surface area contributed by atoms with Crippen LogP contribution in [-0.2, 0) is 16.1 Å². The number of carboxylic acids is 1. The fourth-order valence-corrected chi connectivity index (χ4v) is 3.31. The van der Waals surface area contributed by atoms with E-state index in [0.717, 1.165) is 5.56 Å². The monoisotopic (exact) mass is 521 g/mol. The van der Waals surface area contributed by atoms with E-state index in [1.54, 1.807) is 37.3 Å². The normalized spacial score (nSPS) is 11.7. The molecule has 3 aromatic carbocycles. The molecule has 0 saturated carbocycles. The first-order chi connectivity index (χ1) is 18.1. The highest BCUT2D eigenvalue weighted by molar-refractivity contribution is 6.11.